The Morgan fingerprint density at radius 2 is 1.34 bits per heavy atom. The molecule has 4 saturated heterocycles. The summed E-state index contributed by atoms with van der Waals surface area (Å²) in [5, 5.41) is 72.8. The topological polar surface area (TPSA) is 197 Å². The van der Waals surface area contributed by atoms with Crippen LogP contribution in [0.2, 0.25) is 0 Å². The molecule has 0 aromatic rings. The Morgan fingerprint density at radius 3 is 2.04 bits per heavy atom. The van der Waals surface area contributed by atoms with Crippen molar-refractivity contribution < 1.29 is 64.2 Å². The van der Waals surface area contributed by atoms with Crippen molar-refractivity contribution in [2.45, 2.75) is 178 Å². The van der Waals surface area contributed by atoms with E-state index < -0.39 is 80.4 Å². The molecule has 4 saturated carbocycles. The van der Waals surface area contributed by atoms with Crippen molar-refractivity contribution >= 4 is 0 Å². The minimum absolute atomic E-state index is 0.190. The average Bonchev–Trinajstić information content (AvgIpc) is 3.58. The van der Waals surface area contributed by atoms with E-state index in [1.165, 1.54) is 19.3 Å². The molecule has 53 heavy (non-hydrogen) atoms. The number of aliphatic hydroxyl groups is 7. The molecule has 0 radical (unpaired) electrons. The zero-order valence-electron chi connectivity index (χ0n) is 32.2. The lowest BCUT2D eigenvalue weighted by molar-refractivity contribution is -0.364. The van der Waals surface area contributed by atoms with Crippen LogP contribution in [0.3, 0.4) is 0 Å². The van der Waals surface area contributed by atoms with Crippen molar-refractivity contribution in [2.75, 3.05) is 19.8 Å². The molecule has 4 aliphatic carbocycles. The van der Waals surface area contributed by atoms with E-state index in [4.69, 9.17) is 28.4 Å². The standard InChI is InChI=1S/C40H66O13/c1-19-28-25(53-40(19)13-12-37(2,3)18-48-40)15-24-22-7-6-20-14-21(8-10-38(20,4)23(22)9-11-39(24,28)5)49-35-33(47)31(45)34(27(17-42)51-35)52-36-32(46)30(44)29(43)26(16-41)50-36/h19-36,41-47H,6-18H2,1-5H3/t19-,20+,21-,22?,23?,24?,25?,26+,27+,28?,29+,30-,31+,32+,33+,34+,35+,36-,38-,39-,40?/m0/s1. The van der Waals surface area contributed by atoms with Crippen LogP contribution in [0, 0.1) is 51.8 Å². The Labute approximate surface area is 313 Å². The van der Waals surface area contributed by atoms with Gasteiger partial charge in [-0.25, -0.2) is 0 Å². The highest BCUT2D eigenvalue weighted by molar-refractivity contribution is 5.15. The molecule has 8 fully saturated rings. The molecule has 7 N–H and O–H groups in total. The van der Waals surface area contributed by atoms with Gasteiger partial charge in [0.2, 0.25) is 0 Å². The Balaban J connectivity index is 0.891. The van der Waals surface area contributed by atoms with E-state index in [1.54, 1.807) is 0 Å². The fourth-order valence-electron chi connectivity index (χ4n) is 13.3. The van der Waals surface area contributed by atoms with Crippen molar-refractivity contribution in [1.82, 2.24) is 0 Å². The summed E-state index contributed by atoms with van der Waals surface area (Å²) in [5.41, 5.74) is 0.660. The lowest BCUT2D eigenvalue weighted by Crippen LogP contribution is -2.65. The van der Waals surface area contributed by atoms with Gasteiger partial charge in [0.25, 0.3) is 0 Å². The second-order valence-electron chi connectivity index (χ2n) is 19.7. The highest BCUT2D eigenvalue weighted by atomic mass is 16.7. The molecule has 13 nitrogen and oxygen atoms in total. The van der Waals surface area contributed by atoms with E-state index in [-0.39, 0.29) is 28.5 Å². The first-order valence-electron chi connectivity index (χ1n) is 20.6. The van der Waals surface area contributed by atoms with E-state index in [0.717, 1.165) is 51.6 Å². The van der Waals surface area contributed by atoms with E-state index >= 15 is 0 Å². The van der Waals surface area contributed by atoms with Crippen LogP contribution in [-0.4, -0.2) is 135 Å². The molecule has 6 unspecified atom stereocenters. The zero-order chi connectivity index (χ0) is 37.8. The summed E-state index contributed by atoms with van der Waals surface area (Å²) >= 11 is 0. The molecule has 0 amide bonds. The Bertz CT molecular complexity index is 1300. The van der Waals surface area contributed by atoms with E-state index in [2.05, 4.69) is 34.6 Å². The summed E-state index contributed by atoms with van der Waals surface area (Å²) in [6, 6.07) is 0. The minimum atomic E-state index is -1.71. The van der Waals surface area contributed by atoms with Crippen LogP contribution >= 0.6 is 0 Å². The summed E-state index contributed by atoms with van der Waals surface area (Å²) in [4.78, 5) is 0. The van der Waals surface area contributed by atoms with Gasteiger partial charge in [0.15, 0.2) is 18.4 Å². The number of aliphatic hydroxyl groups excluding tert-OH is 7. The third-order valence-corrected chi connectivity index (χ3v) is 16.4. The van der Waals surface area contributed by atoms with E-state index in [9.17, 15) is 35.7 Å². The van der Waals surface area contributed by atoms with Crippen molar-refractivity contribution in [3.63, 3.8) is 0 Å². The van der Waals surface area contributed by atoms with E-state index in [1.807, 2.05) is 0 Å². The molecule has 304 valence electrons. The maximum absolute atomic E-state index is 11.2. The highest BCUT2D eigenvalue weighted by Gasteiger charge is 2.69. The van der Waals surface area contributed by atoms with Crippen molar-refractivity contribution in [2.24, 2.45) is 51.8 Å². The largest absolute Gasteiger partial charge is 0.394 e. The summed E-state index contributed by atoms with van der Waals surface area (Å²) in [5.74, 6) is 2.96. The SMILES string of the molecule is C[C@H]1C2C(CC3C4CC[C@@H]5C[C@@H](O[C@@H]6O[C@H](CO)[C@@H](O[C@@H]7O[C@H](CO)[C@@H](O)[C@H](O)[C@H]7O)[C@H](O)[C@H]6O)CC[C@]5(C)C4CC[C@@]32C)OC12CCC(C)(C)CO2. The predicted molar refractivity (Wildman–Crippen MR) is 188 cm³/mol. The second-order valence-corrected chi connectivity index (χ2v) is 19.7. The normalized spacial score (nSPS) is 57.7. The molecular formula is C40H66O13. The first-order chi connectivity index (χ1) is 25.1. The lowest BCUT2D eigenvalue weighted by atomic mass is 9.44. The van der Waals surface area contributed by atoms with Gasteiger partial charge in [-0.2, -0.15) is 0 Å². The summed E-state index contributed by atoms with van der Waals surface area (Å²) in [7, 11) is 0. The average molecular weight is 755 g/mol. The first kappa shape index (κ1) is 39.3. The van der Waals surface area contributed by atoms with Crippen molar-refractivity contribution in [3.05, 3.63) is 0 Å². The summed E-state index contributed by atoms with van der Waals surface area (Å²) in [6.45, 7) is 11.6. The number of fused-ring (bicyclic) bond motifs is 7. The van der Waals surface area contributed by atoms with Crippen LogP contribution in [-0.2, 0) is 28.4 Å². The smallest absolute Gasteiger partial charge is 0.187 e. The van der Waals surface area contributed by atoms with Gasteiger partial charge < -0.3 is 64.2 Å². The van der Waals surface area contributed by atoms with Crippen LogP contribution in [0.5, 0.6) is 0 Å². The van der Waals surface area contributed by atoms with Gasteiger partial charge in [0, 0.05) is 12.3 Å². The Morgan fingerprint density at radius 1 is 0.660 bits per heavy atom. The van der Waals surface area contributed by atoms with Crippen LogP contribution in [0.4, 0.5) is 0 Å². The van der Waals surface area contributed by atoms with Gasteiger partial charge in [0.1, 0.15) is 48.8 Å². The highest BCUT2D eigenvalue weighted by Crippen LogP contribution is 2.71. The Hall–Kier alpha value is -0.520. The quantitative estimate of drug-likeness (QED) is 0.194. The van der Waals surface area contributed by atoms with Crippen LogP contribution < -0.4 is 0 Å². The maximum Gasteiger partial charge on any atom is 0.187 e. The number of hydrogen-bond donors (Lipinski definition) is 7. The molecule has 0 aromatic carbocycles. The van der Waals surface area contributed by atoms with Gasteiger partial charge in [-0.05, 0) is 104 Å². The molecule has 1 spiro atoms. The predicted octanol–water partition coefficient (Wildman–Crippen LogP) is 1.83. The summed E-state index contributed by atoms with van der Waals surface area (Å²) < 4.78 is 37.2. The molecule has 21 atom stereocenters. The number of ether oxygens (including phenoxy) is 6. The number of hydrogen-bond acceptors (Lipinski definition) is 13. The molecule has 13 heteroatoms. The molecule has 8 rings (SSSR count). The second kappa shape index (κ2) is 14.1. The van der Waals surface area contributed by atoms with Gasteiger partial charge in [-0.15, -0.1) is 0 Å². The van der Waals surface area contributed by atoms with Gasteiger partial charge in [-0.1, -0.05) is 34.6 Å². The fraction of sp³-hybridized carbons (Fsp3) is 1.00. The number of rotatable bonds is 6. The molecule has 8 aliphatic rings. The van der Waals surface area contributed by atoms with Crippen LogP contribution in [0.1, 0.15) is 98.8 Å². The van der Waals surface area contributed by atoms with E-state index in [0.29, 0.717) is 35.5 Å². The fourth-order valence-corrected chi connectivity index (χ4v) is 13.3. The molecular weight excluding hydrogens is 688 g/mol. The maximum atomic E-state index is 11.2. The van der Waals surface area contributed by atoms with Gasteiger partial charge in [0.05, 0.1) is 32.0 Å². The molecule has 0 bridgehead atoms. The molecule has 4 heterocycles. The van der Waals surface area contributed by atoms with Crippen molar-refractivity contribution in [3.8, 4) is 0 Å². The third-order valence-electron chi connectivity index (χ3n) is 16.4. The monoisotopic (exact) mass is 754 g/mol. The molecule has 0 aromatic heterocycles. The first-order valence-corrected chi connectivity index (χ1v) is 20.6. The zero-order valence-corrected chi connectivity index (χ0v) is 32.2. The van der Waals surface area contributed by atoms with Crippen LogP contribution in [0.15, 0.2) is 0 Å². The Kier molecular flexibility index (Phi) is 10.5. The lowest BCUT2D eigenvalue weighted by Gasteiger charge is -2.61. The minimum Gasteiger partial charge on any atom is -0.394 e. The van der Waals surface area contributed by atoms with Gasteiger partial charge in [-0.3, -0.25) is 0 Å². The summed E-state index contributed by atoms with van der Waals surface area (Å²) in [6.07, 6.45) is -3.77. The van der Waals surface area contributed by atoms with Gasteiger partial charge >= 0.3 is 0 Å². The van der Waals surface area contributed by atoms with Crippen LogP contribution in [0.25, 0.3) is 0 Å². The molecule has 4 aliphatic heterocycles. The van der Waals surface area contributed by atoms with Crippen molar-refractivity contribution in [1.29, 1.82) is 0 Å². The third kappa shape index (κ3) is 6.30.